The van der Waals surface area contributed by atoms with E-state index >= 15 is 0 Å². The normalized spacial score (nSPS) is 10.2. The number of pyridine rings is 1. The smallest absolute Gasteiger partial charge is 0.251 e. The number of aromatic nitrogens is 1. The maximum absolute atomic E-state index is 12.4. The number of carbonyl (C=O) groups is 1. The third-order valence-corrected chi connectivity index (χ3v) is 3.91. The summed E-state index contributed by atoms with van der Waals surface area (Å²) in [6.07, 6.45) is 1.66. The van der Waals surface area contributed by atoms with E-state index in [2.05, 4.69) is 26.2 Å². The number of halogens is 1. The van der Waals surface area contributed by atoms with Crippen LogP contribution in [0.25, 0.3) is 0 Å². The molecule has 1 aromatic heterocycles. The van der Waals surface area contributed by atoms with Gasteiger partial charge in [0.1, 0.15) is 0 Å². The lowest BCUT2D eigenvalue weighted by molar-refractivity contribution is 0.0950. The Labute approximate surface area is 155 Å². The van der Waals surface area contributed by atoms with Crippen molar-refractivity contribution in [1.29, 1.82) is 0 Å². The summed E-state index contributed by atoms with van der Waals surface area (Å²) >= 11 is 3.42. The molecule has 134 valence electrons. The van der Waals surface area contributed by atoms with Gasteiger partial charge in [-0.25, -0.2) is 4.98 Å². The highest BCUT2D eigenvalue weighted by molar-refractivity contribution is 9.10. The number of rotatable bonds is 8. The minimum absolute atomic E-state index is 0.211. The van der Waals surface area contributed by atoms with Gasteiger partial charge in [-0.1, -0.05) is 0 Å². The Hall–Kier alpha value is -2.28. The van der Waals surface area contributed by atoms with Gasteiger partial charge in [-0.15, -0.1) is 0 Å². The molecule has 0 aliphatic heterocycles. The van der Waals surface area contributed by atoms with Gasteiger partial charge in [-0.3, -0.25) is 4.79 Å². The first-order valence-corrected chi connectivity index (χ1v) is 8.74. The molecule has 1 aromatic carbocycles. The summed E-state index contributed by atoms with van der Waals surface area (Å²) in [5, 5.41) is 2.88. The van der Waals surface area contributed by atoms with E-state index in [1.54, 1.807) is 24.4 Å². The van der Waals surface area contributed by atoms with Gasteiger partial charge < -0.3 is 19.5 Å². The van der Waals surface area contributed by atoms with E-state index < -0.39 is 0 Å². The summed E-state index contributed by atoms with van der Waals surface area (Å²) in [5.41, 5.74) is 1.38. The molecule has 0 unspecified atom stereocenters. The van der Waals surface area contributed by atoms with Crippen LogP contribution in [0.2, 0.25) is 0 Å². The molecule has 0 saturated carbocycles. The van der Waals surface area contributed by atoms with Crippen molar-refractivity contribution >= 4 is 21.8 Å². The molecule has 1 heterocycles. The van der Waals surface area contributed by atoms with E-state index in [9.17, 15) is 4.79 Å². The molecule has 0 radical (unpaired) electrons. The zero-order valence-corrected chi connectivity index (χ0v) is 16.1. The fraction of sp³-hybridized carbons (Fsp3) is 0.333. The number of methoxy groups -OCH3 is 1. The second kappa shape index (κ2) is 9.27. The zero-order chi connectivity index (χ0) is 18.2. The molecule has 1 N–H and O–H groups in total. The maximum Gasteiger partial charge on any atom is 0.251 e. The third-order valence-electron chi connectivity index (χ3n) is 3.32. The van der Waals surface area contributed by atoms with Crippen LogP contribution in [0.4, 0.5) is 0 Å². The Balaban J connectivity index is 2.10. The van der Waals surface area contributed by atoms with Gasteiger partial charge in [0, 0.05) is 24.4 Å². The van der Waals surface area contributed by atoms with Crippen molar-refractivity contribution in [3.05, 3.63) is 46.1 Å². The SMILES string of the molecule is CCOc1cc(CNC(=O)c2cc(Br)c(OCC)c(OC)c2)ccn1. The van der Waals surface area contributed by atoms with Crippen molar-refractivity contribution < 1.29 is 19.0 Å². The highest BCUT2D eigenvalue weighted by Gasteiger charge is 2.15. The second-order valence-electron chi connectivity index (χ2n) is 5.04. The molecule has 2 rings (SSSR count). The molecule has 0 aliphatic carbocycles. The number of nitrogens with zero attached hydrogens (tertiary/aromatic N) is 1. The highest BCUT2D eigenvalue weighted by atomic mass is 79.9. The fourth-order valence-corrected chi connectivity index (χ4v) is 2.76. The van der Waals surface area contributed by atoms with Gasteiger partial charge in [0.05, 0.1) is 24.8 Å². The summed E-state index contributed by atoms with van der Waals surface area (Å²) in [4.78, 5) is 16.5. The minimum atomic E-state index is -0.211. The van der Waals surface area contributed by atoms with E-state index in [4.69, 9.17) is 14.2 Å². The van der Waals surface area contributed by atoms with Crippen LogP contribution in [0, 0.1) is 0 Å². The van der Waals surface area contributed by atoms with Crippen molar-refractivity contribution in [1.82, 2.24) is 10.3 Å². The van der Waals surface area contributed by atoms with Crippen LogP contribution in [0.3, 0.4) is 0 Å². The Morgan fingerprint density at radius 3 is 2.64 bits per heavy atom. The number of carbonyl (C=O) groups excluding carboxylic acids is 1. The first-order chi connectivity index (χ1) is 12.1. The molecule has 6 nitrogen and oxygen atoms in total. The molecule has 2 aromatic rings. The van der Waals surface area contributed by atoms with Gasteiger partial charge in [-0.2, -0.15) is 0 Å². The molecule has 0 atom stereocenters. The predicted octanol–water partition coefficient (Wildman–Crippen LogP) is 3.58. The number of ether oxygens (including phenoxy) is 3. The molecule has 25 heavy (non-hydrogen) atoms. The highest BCUT2D eigenvalue weighted by Crippen LogP contribution is 2.36. The molecule has 0 spiro atoms. The summed E-state index contributed by atoms with van der Waals surface area (Å²) in [6, 6.07) is 7.00. The molecule has 0 saturated heterocycles. The average Bonchev–Trinajstić information content (AvgIpc) is 2.62. The monoisotopic (exact) mass is 408 g/mol. The topological polar surface area (TPSA) is 69.7 Å². The lowest BCUT2D eigenvalue weighted by Crippen LogP contribution is -2.23. The van der Waals surface area contributed by atoms with E-state index in [1.165, 1.54) is 7.11 Å². The molecular formula is C18H21BrN2O4. The third kappa shape index (κ3) is 5.09. The summed E-state index contributed by atoms with van der Waals surface area (Å²) < 4.78 is 16.9. The van der Waals surface area contributed by atoms with Gasteiger partial charge in [0.2, 0.25) is 5.88 Å². The van der Waals surface area contributed by atoms with Crippen molar-refractivity contribution in [3.63, 3.8) is 0 Å². The van der Waals surface area contributed by atoms with Crippen molar-refractivity contribution in [2.75, 3.05) is 20.3 Å². The van der Waals surface area contributed by atoms with Gasteiger partial charge in [0.15, 0.2) is 11.5 Å². The first-order valence-electron chi connectivity index (χ1n) is 7.95. The Bertz CT molecular complexity index is 737. The number of hydrogen-bond donors (Lipinski definition) is 1. The lowest BCUT2D eigenvalue weighted by Gasteiger charge is -2.13. The molecule has 0 aliphatic rings. The van der Waals surface area contributed by atoms with Crippen molar-refractivity contribution in [3.8, 4) is 17.4 Å². The van der Waals surface area contributed by atoms with E-state index in [-0.39, 0.29) is 5.91 Å². The van der Waals surface area contributed by atoms with Gasteiger partial charge in [-0.05, 0) is 53.5 Å². The first kappa shape index (κ1) is 19.1. The molecule has 1 amide bonds. The molecular weight excluding hydrogens is 388 g/mol. The van der Waals surface area contributed by atoms with E-state index in [0.717, 1.165) is 5.56 Å². The van der Waals surface area contributed by atoms with Crippen molar-refractivity contribution in [2.24, 2.45) is 0 Å². The predicted molar refractivity (Wildman–Crippen MR) is 98.4 cm³/mol. The second-order valence-corrected chi connectivity index (χ2v) is 5.89. The molecule has 0 fully saturated rings. The lowest BCUT2D eigenvalue weighted by atomic mass is 10.1. The summed E-state index contributed by atoms with van der Waals surface area (Å²) in [5.74, 6) is 1.41. The van der Waals surface area contributed by atoms with Crippen LogP contribution >= 0.6 is 15.9 Å². The van der Waals surface area contributed by atoms with Crippen LogP contribution in [-0.2, 0) is 6.54 Å². The van der Waals surface area contributed by atoms with Crippen LogP contribution in [-0.4, -0.2) is 31.2 Å². The van der Waals surface area contributed by atoms with Crippen LogP contribution in [0.1, 0.15) is 29.8 Å². The van der Waals surface area contributed by atoms with Crippen LogP contribution in [0.15, 0.2) is 34.9 Å². The Kier molecular flexibility index (Phi) is 7.06. The zero-order valence-electron chi connectivity index (χ0n) is 14.5. The Morgan fingerprint density at radius 2 is 1.96 bits per heavy atom. The van der Waals surface area contributed by atoms with E-state index in [1.807, 2.05) is 19.9 Å². The minimum Gasteiger partial charge on any atom is -0.493 e. The Morgan fingerprint density at radius 1 is 1.20 bits per heavy atom. The molecule has 7 heteroatoms. The number of amides is 1. The maximum atomic E-state index is 12.4. The fourth-order valence-electron chi connectivity index (χ4n) is 2.21. The quantitative estimate of drug-likeness (QED) is 0.722. The van der Waals surface area contributed by atoms with Crippen molar-refractivity contribution in [2.45, 2.75) is 20.4 Å². The average molecular weight is 409 g/mol. The van der Waals surface area contributed by atoms with E-state index in [0.29, 0.717) is 47.2 Å². The standard InChI is InChI=1S/C18H21BrN2O4/c1-4-24-16-8-12(6-7-20-16)11-21-18(22)13-9-14(19)17(25-5-2)15(10-13)23-3/h6-10H,4-5,11H2,1-3H3,(H,21,22). The molecule has 0 bridgehead atoms. The summed E-state index contributed by atoms with van der Waals surface area (Å²) in [6.45, 7) is 5.20. The van der Waals surface area contributed by atoms with Crippen LogP contribution < -0.4 is 19.5 Å². The van der Waals surface area contributed by atoms with Crippen LogP contribution in [0.5, 0.6) is 17.4 Å². The number of benzene rings is 1. The largest absolute Gasteiger partial charge is 0.493 e. The number of nitrogens with one attached hydrogen (secondary N) is 1. The summed E-state index contributed by atoms with van der Waals surface area (Å²) in [7, 11) is 1.54. The van der Waals surface area contributed by atoms with Gasteiger partial charge >= 0.3 is 0 Å². The number of hydrogen-bond acceptors (Lipinski definition) is 5. The van der Waals surface area contributed by atoms with Gasteiger partial charge in [0.25, 0.3) is 5.91 Å².